The molecule has 0 radical (unpaired) electrons. The smallest absolute Gasteiger partial charge is 0.0487 e. The van der Waals surface area contributed by atoms with Crippen LogP contribution in [0.1, 0.15) is 32.0 Å². The maximum absolute atomic E-state index is 4.37. The van der Waals surface area contributed by atoms with Crippen LogP contribution in [0.5, 0.6) is 0 Å². The number of aryl methyl sites for hydroxylation is 1. The maximum atomic E-state index is 4.37. The van der Waals surface area contributed by atoms with E-state index in [0.29, 0.717) is 0 Å². The monoisotopic (exact) mass is 181 g/mol. The van der Waals surface area contributed by atoms with Gasteiger partial charge >= 0.3 is 0 Å². The van der Waals surface area contributed by atoms with Crippen molar-refractivity contribution in [2.75, 3.05) is 0 Å². The van der Waals surface area contributed by atoms with Crippen LogP contribution in [0.4, 0.5) is 0 Å². The summed E-state index contributed by atoms with van der Waals surface area (Å²) in [5.41, 5.74) is 2.50. The molecular formula is C10H15NS. The van der Waals surface area contributed by atoms with E-state index in [-0.39, 0.29) is 5.41 Å². The van der Waals surface area contributed by atoms with Crippen LogP contribution >= 0.6 is 12.6 Å². The first-order chi connectivity index (χ1) is 5.41. The Morgan fingerprint density at radius 2 is 1.92 bits per heavy atom. The molecule has 1 nitrogen and oxygen atoms in total. The Bertz CT molecular complexity index is 286. The Labute approximate surface area is 79.6 Å². The highest BCUT2D eigenvalue weighted by Crippen LogP contribution is 2.24. The number of aromatic nitrogens is 1. The molecule has 0 aromatic carbocycles. The topological polar surface area (TPSA) is 12.9 Å². The standard InChI is InChI=1S/C10H15NS/c1-7-5-8(12)6-11-9(7)10(2,3)4/h5-6,12H,1-4H3. The van der Waals surface area contributed by atoms with Crippen LogP contribution in [0, 0.1) is 6.92 Å². The van der Waals surface area contributed by atoms with Gasteiger partial charge in [0.2, 0.25) is 0 Å². The van der Waals surface area contributed by atoms with Gasteiger partial charge in [0.15, 0.2) is 0 Å². The van der Waals surface area contributed by atoms with Gasteiger partial charge in [-0.1, -0.05) is 20.8 Å². The van der Waals surface area contributed by atoms with Crippen LogP contribution in [-0.4, -0.2) is 4.98 Å². The summed E-state index contributed by atoms with van der Waals surface area (Å²) in [5, 5.41) is 0. The molecule has 0 fully saturated rings. The van der Waals surface area contributed by atoms with E-state index >= 15 is 0 Å². The lowest BCUT2D eigenvalue weighted by Gasteiger charge is -2.19. The second kappa shape index (κ2) is 3.09. The molecule has 1 rings (SSSR count). The van der Waals surface area contributed by atoms with Gasteiger partial charge in [-0.25, -0.2) is 0 Å². The lowest BCUT2D eigenvalue weighted by atomic mass is 9.89. The van der Waals surface area contributed by atoms with Crippen molar-refractivity contribution < 1.29 is 0 Å². The Morgan fingerprint density at radius 3 is 2.33 bits per heavy atom. The SMILES string of the molecule is Cc1cc(S)cnc1C(C)(C)C. The van der Waals surface area contributed by atoms with Gasteiger partial charge in [0.1, 0.15) is 0 Å². The predicted octanol–water partition coefficient (Wildman–Crippen LogP) is 2.98. The number of pyridine rings is 1. The van der Waals surface area contributed by atoms with Crippen molar-refractivity contribution >= 4 is 12.6 Å². The zero-order valence-corrected chi connectivity index (χ0v) is 8.94. The Balaban J connectivity index is 3.19. The van der Waals surface area contributed by atoms with Crippen LogP contribution in [0.15, 0.2) is 17.2 Å². The van der Waals surface area contributed by atoms with E-state index in [1.165, 1.54) is 5.56 Å². The summed E-state index contributed by atoms with van der Waals surface area (Å²) in [4.78, 5) is 5.30. The van der Waals surface area contributed by atoms with Gasteiger partial charge in [0, 0.05) is 22.2 Å². The maximum Gasteiger partial charge on any atom is 0.0487 e. The summed E-state index contributed by atoms with van der Waals surface area (Å²) in [7, 11) is 0. The van der Waals surface area contributed by atoms with E-state index in [0.717, 1.165) is 10.6 Å². The first-order valence-corrected chi connectivity index (χ1v) is 4.52. The largest absolute Gasteiger partial charge is 0.259 e. The third-order valence-electron chi connectivity index (χ3n) is 1.77. The molecule has 0 saturated heterocycles. The molecule has 12 heavy (non-hydrogen) atoms. The molecule has 66 valence electrons. The zero-order valence-electron chi connectivity index (χ0n) is 8.05. The first-order valence-electron chi connectivity index (χ1n) is 4.07. The highest BCUT2D eigenvalue weighted by Gasteiger charge is 2.17. The Morgan fingerprint density at radius 1 is 1.33 bits per heavy atom. The third kappa shape index (κ3) is 2.01. The minimum Gasteiger partial charge on any atom is -0.259 e. The predicted molar refractivity (Wildman–Crippen MR) is 54.9 cm³/mol. The average molecular weight is 181 g/mol. The van der Waals surface area contributed by atoms with Gasteiger partial charge in [0.25, 0.3) is 0 Å². The van der Waals surface area contributed by atoms with E-state index in [1.54, 1.807) is 6.20 Å². The van der Waals surface area contributed by atoms with Crippen molar-refractivity contribution in [3.05, 3.63) is 23.5 Å². The van der Waals surface area contributed by atoms with Crippen molar-refractivity contribution in [1.82, 2.24) is 4.98 Å². The van der Waals surface area contributed by atoms with Crippen LogP contribution in [0.25, 0.3) is 0 Å². The molecule has 0 aliphatic carbocycles. The van der Waals surface area contributed by atoms with E-state index in [4.69, 9.17) is 0 Å². The molecule has 0 saturated carbocycles. The molecule has 1 aromatic heterocycles. The lowest BCUT2D eigenvalue weighted by molar-refractivity contribution is 0.563. The van der Waals surface area contributed by atoms with Crippen molar-refractivity contribution in [2.24, 2.45) is 0 Å². The fraction of sp³-hybridized carbons (Fsp3) is 0.500. The van der Waals surface area contributed by atoms with Gasteiger partial charge in [0.05, 0.1) is 0 Å². The quantitative estimate of drug-likeness (QED) is 0.607. The van der Waals surface area contributed by atoms with Crippen molar-refractivity contribution in [1.29, 1.82) is 0 Å². The molecule has 2 heteroatoms. The van der Waals surface area contributed by atoms with Crippen molar-refractivity contribution in [2.45, 2.75) is 38.0 Å². The molecule has 0 aliphatic heterocycles. The Hall–Kier alpha value is -0.500. The summed E-state index contributed by atoms with van der Waals surface area (Å²) in [6, 6.07) is 2.05. The van der Waals surface area contributed by atoms with Gasteiger partial charge in [-0.3, -0.25) is 4.98 Å². The average Bonchev–Trinajstić information content (AvgIpc) is 1.83. The number of rotatable bonds is 0. The van der Waals surface area contributed by atoms with Crippen LogP contribution in [0.3, 0.4) is 0 Å². The summed E-state index contributed by atoms with van der Waals surface area (Å²) < 4.78 is 0. The molecular weight excluding hydrogens is 166 g/mol. The Kier molecular flexibility index (Phi) is 2.47. The van der Waals surface area contributed by atoms with Gasteiger partial charge in [-0.15, -0.1) is 12.6 Å². The van der Waals surface area contributed by atoms with Gasteiger partial charge in [-0.05, 0) is 18.6 Å². The second-order valence-corrected chi connectivity index (χ2v) is 4.63. The summed E-state index contributed by atoms with van der Waals surface area (Å²) >= 11 is 4.23. The van der Waals surface area contributed by atoms with E-state index in [1.807, 2.05) is 0 Å². The molecule has 0 atom stereocenters. The summed E-state index contributed by atoms with van der Waals surface area (Å²) in [5.74, 6) is 0. The molecule has 0 unspecified atom stereocenters. The number of hydrogen-bond donors (Lipinski definition) is 1. The van der Waals surface area contributed by atoms with Gasteiger partial charge in [-0.2, -0.15) is 0 Å². The highest BCUT2D eigenvalue weighted by atomic mass is 32.1. The van der Waals surface area contributed by atoms with E-state index < -0.39 is 0 Å². The number of nitrogens with zero attached hydrogens (tertiary/aromatic N) is 1. The highest BCUT2D eigenvalue weighted by molar-refractivity contribution is 7.80. The minimum absolute atomic E-state index is 0.131. The van der Waals surface area contributed by atoms with Crippen LogP contribution < -0.4 is 0 Å². The van der Waals surface area contributed by atoms with Gasteiger partial charge < -0.3 is 0 Å². The molecule has 0 bridgehead atoms. The molecule has 0 N–H and O–H groups in total. The fourth-order valence-electron chi connectivity index (χ4n) is 1.35. The third-order valence-corrected chi connectivity index (χ3v) is 2.02. The number of thiol groups is 1. The fourth-order valence-corrected chi connectivity index (χ4v) is 1.60. The van der Waals surface area contributed by atoms with E-state index in [2.05, 4.69) is 51.4 Å². The summed E-state index contributed by atoms with van der Waals surface area (Å²) in [6.45, 7) is 8.58. The molecule has 0 spiro atoms. The van der Waals surface area contributed by atoms with Crippen LogP contribution in [-0.2, 0) is 5.41 Å². The van der Waals surface area contributed by atoms with Crippen LogP contribution in [0.2, 0.25) is 0 Å². The molecule has 0 amide bonds. The normalized spacial score (nSPS) is 11.8. The summed E-state index contributed by atoms with van der Waals surface area (Å²) in [6.07, 6.45) is 1.80. The lowest BCUT2D eigenvalue weighted by Crippen LogP contribution is -2.15. The van der Waals surface area contributed by atoms with Crippen molar-refractivity contribution in [3.8, 4) is 0 Å². The second-order valence-electron chi connectivity index (χ2n) is 4.11. The van der Waals surface area contributed by atoms with E-state index in [9.17, 15) is 0 Å². The molecule has 0 aliphatic rings. The zero-order chi connectivity index (χ0) is 9.35. The van der Waals surface area contributed by atoms with Crippen molar-refractivity contribution in [3.63, 3.8) is 0 Å². The molecule has 1 aromatic rings. The molecule has 1 heterocycles. The first kappa shape index (κ1) is 9.59. The minimum atomic E-state index is 0.131. The number of hydrogen-bond acceptors (Lipinski definition) is 2.